The van der Waals surface area contributed by atoms with E-state index < -0.39 is 0 Å². The molecule has 1 heterocycles. The van der Waals surface area contributed by atoms with Crippen molar-refractivity contribution in [1.29, 1.82) is 0 Å². The largest absolute Gasteiger partial charge is 0.248 e. The molecule has 1 aliphatic rings. The van der Waals surface area contributed by atoms with Crippen molar-refractivity contribution in [2.75, 3.05) is 0 Å². The molecule has 0 saturated heterocycles. The lowest BCUT2D eigenvalue weighted by Gasteiger charge is -1.98. The number of amidine groups is 1. The lowest BCUT2D eigenvalue weighted by molar-refractivity contribution is 0.0504. The highest BCUT2D eigenvalue weighted by atomic mass is 16.7. The van der Waals surface area contributed by atoms with Crippen LogP contribution in [0.4, 0.5) is 0 Å². The molecule has 0 bridgehead atoms. The van der Waals surface area contributed by atoms with Gasteiger partial charge in [0.25, 0.3) is 0 Å². The molecule has 1 atom stereocenters. The number of hydrogen-bond acceptors (Lipinski definition) is 3. The highest BCUT2D eigenvalue weighted by Gasteiger charge is 2.13. The smallest absolute Gasteiger partial charge is 0.174 e. The minimum atomic E-state index is -0.0831. The van der Waals surface area contributed by atoms with E-state index in [-0.39, 0.29) is 6.23 Å². The highest BCUT2D eigenvalue weighted by molar-refractivity contribution is 5.98. The van der Waals surface area contributed by atoms with Gasteiger partial charge < -0.3 is 0 Å². The Morgan fingerprint density at radius 2 is 2.08 bits per heavy atom. The summed E-state index contributed by atoms with van der Waals surface area (Å²) in [6, 6.07) is 9.91. The number of nitrogens with zero attached hydrogens (tertiary/aromatic N) is 1. The van der Waals surface area contributed by atoms with Gasteiger partial charge >= 0.3 is 0 Å². The molecule has 0 aromatic heterocycles. The second-order valence-corrected chi connectivity index (χ2v) is 2.66. The Bertz CT molecular complexity index is 295. The van der Waals surface area contributed by atoms with Crippen molar-refractivity contribution in [3.8, 4) is 0 Å². The molecule has 62 valence electrons. The molecule has 0 radical (unpaired) electrons. The third kappa shape index (κ3) is 1.31. The topological polar surface area (TPSA) is 33.6 Å². The highest BCUT2D eigenvalue weighted by Crippen LogP contribution is 2.06. The van der Waals surface area contributed by atoms with Crippen LogP contribution in [0.1, 0.15) is 12.5 Å². The average molecular weight is 162 g/mol. The van der Waals surface area contributed by atoms with Gasteiger partial charge in [-0.05, 0) is 6.92 Å². The minimum absolute atomic E-state index is 0.0831. The summed E-state index contributed by atoms with van der Waals surface area (Å²) in [5.74, 6) is 0.808. The van der Waals surface area contributed by atoms with Crippen molar-refractivity contribution in [3.05, 3.63) is 35.9 Å². The Morgan fingerprint density at radius 1 is 1.33 bits per heavy atom. The zero-order valence-corrected chi connectivity index (χ0v) is 6.82. The van der Waals surface area contributed by atoms with Crippen molar-refractivity contribution < 1.29 is 4.84 Å². The van der Waals surface area contributed by atoms with Crippen LogP contribution in [0.25, 0.3) is 0 Å². The summed E-state index contributed by atoms with van der Waals surface area (Å²) >= 11 is 0. The SMILES string of the molecule is CC1N=C(c2ccccc2)NO1. The molecule has 0 saturated carbocycles. The second-order valence-electron chi connectivity index (χ2n) is 2.66. The van der Waals surface area contributed by atoms with Gasteiger partial charge in [0.05, 0.1) is 0 Å². The van der Waals surface area contributed by atoms with Crippen LogP contribution >= 0.6 is 0 Å². The first-order valence-electron chi connectivity index (χ1n) is 3.91. The Hall–Kier alpha value is -1.35. The fraction of sp³-hybridized carbons (Fsp3) is 0.222. The molecule has 0 fully saturated rings. The number of aliphatic imine (C=N–C) groups is 1. The van der Waals surface area contributed by atoms with Crippen LogP contribution in [0.3, 0.4) is 0 Å². The Balaban J connectivity index is 2.27. The van der Waals surface area contributed by atoms with Crippen molar-refractivity contribution >= 4 is 5.84 Å². The standard InChI is InChI=1S/C9H10N2O/c1-7-10-9(11-12-7)8-5-3-2-4-6-8/h2-7H,1H3,(H,10,11). The van der Waals surface area contributed by atoms with Crippen molar-refractivity contribution in [2.24, 2.45) is 4.99 Å². The first kappa shape index (κ1) is 7.31. The number of hydrogen-bond donors (Lipinski definition) is 1. The van der Waals surface area contributed by atoms with E-state index >= 15 is 0 Å². The third-order valence-electron chi connectivity index (χ3n) is 1.68. The second kappa shape index (κ2) is 2.95. The quantitative estimate of drug-likeness (QED) is 0.675. The number of nitrogens with one attached hydrogen (secondary N) is 1. The average Bonchev–Trinajstić information content (AvgIpc) is 2.54. The molecular formula is C9H10N2O. The van der Waals surface area contributed by atoms with Gasteiger partial charge in [-0.15, -0.1) is 0 Å². The van der Waals surface area contributed by atoms with E-state index in [1.165, 1.54) is 0 Å². The van der Waals surface area contributed by atoms with E-state index in [0.717, 1.165) is 11.4 Å². The van der Waals surface area contributed by atoms with Crippen LogP contribution in [0, 0.1) is 0 Å². The summed E-state index contributed by atoms with van der Waals surface area (Å²) in [6.07, 6.45) is -0.0831. The zero-order valence-electron chi connectivity index (χ0n) is 6.82. The third-order valence-corrected chi connectivity index (χ3v) is 1.68. The molecule has 12 heavy (non-hydrogen) atoms. The van der Waals surface area contributed by atoms with Gasteiger partial charge in [0.15, 0.2) is 12.1 Å². The zero-order chi connectivity index (χ0) is 8.39. The normalized spacial score (nSPS) is 21.8. The molecule has 0 aliphatic carbocycles. The summed E-state index contributed by atoms with van der Waals surface area (Å²) < 4.78 is 0. The molecular weight excluding hydrogens is 152 g/mol. The Morgan fingerprint density at radius 3 is 2.67 bits per heavy atom. The van der Waals surface area contributed by atoms with E-state index in [4.69, 9.17) is 4.84 Å². The number of hydroxylamine groups is 1. The van der Waals surface area contributed by atoms with Gasteiger partial charge in [-0.1, -0.05) is 30.3 Å². The predicted octanol–water partition coefficient (Wildman–Crippen LogP) is 1.31. The fourth-order valence-electron chi connectivity index (χ4n) is 1.11. The van der Waals surface area contributed by atoms with Gasteiger partial charge in [-0.3, -0.25) is 0 Å². The summed E-state index contributed by atoms with van der Waals surface area (Å²) in [5.41, 5.74) is 3.83. The van der Waals surface area contributed by atoms with Crippen LogP contribution in [-0.4, -0.2) is 12.1 Å². The molecule has 3 nitrogen and oxygen atoms in total. The van der Waals surface area contributed by atoms with E-state index in [9.17, 15) is 0 Å². The van der Waals surface area contributed by atoms with Crippen LogP contribution in [-0.2, 0) is 4.84 Å². The van der Waals surface area contributed by atoms with Crippen LogP contribution < -0.4 is 5.48 Å². The van der Waals surface area contributed by atoms with Crippen molar-refractivity contribution in [1.82, 2.24) is 5.48 Å². The van der Waals surface area contributed by atoms with Gasteiger partial charge in [0.2, 0.25) is 0 Å². The number of rotatable bonds is 1. The molecule has 1 aromatic rings. The monoisotopic (exact) mass is 162 g/mol. The fourth-order valence-corrected chi connectivity index (χ4v) is 1.11. The van der Waals surface area contributed by atoms with E-state index in [2.05, 4.69) is 10.5 Å². The molecule has 2 rings (SSSR count). The molecule has 1 aliphatic heterocycles. The Kier molecular flexibility index (Phi) is 1.80. The minimum Gasteiger partial charge on any atom is -0.248 e. The summed E-state index contributed by atoms with van der Waals surface area (Å²) in [5, 5.41) is 0. The van der Waals surface area contributed by atoms with E-state index in [1.54, 1.807) is 0 Å². The predicted molar refractivity (Wildman–Crippen MR) is 46.7 cm³/mol. The van der Waals surface area contributed by atoms with Crippen LogP contribution in [0.5, 0.6) is 0 Å². The lowest BCUT2D eigenvalue weighted by atomic mass is 10.2. The van der Waals surface area contributed by atoms with Crippen LogP contribution in [0.15, 0.2) is 35.3 Å². The first-order valence-corrected chi connectivity index (χ1v) is 3.91. The van der Waals surface area contributed by atoms with Crippen molar-refractivity contribution in [2.45, 2.75) is 13.2 Å². The van der Waals surface area contributed by atoms with E-state index in [1.807, 2.05) is 37.3 Å². The maximum atomic E-state index is 5.07. The molecule has 0 spiro atoms. The number of benzene rings is 1. The Labute approximate surface area is 71.0 Å². The maximum Gasteiger partial charge on any atom is 0.174 e. The molecule has 1 aromatic carbocycles. The summed E-state index contributed by atoms with van der Waals surface area (Å²) in [7, 11) is 0. The van der Waals surface area contributed by atoms with E-state index in [0.29, 0.717) is 0 Å². The first-order chi connectivity index (χ1) is 5.86. The van der Waals surface area contributed by atoms with Crippen molar-refractivity contribution in [3.63, 3.8) is 0 Å². The van der Waals surface area contributed by atoms with Gasteiger partial charge in [-0.2, -0.15) is 0 Å². The van der Waals surface area contributed by atoms with Crippen LogP contribution in [0.2, 0.25) is 0 Å². The maximum absolute atomic E-state index is 5.07. The summed E-state index contributed by atoms with van der Waals surface area (Å²) in [6.45, 7) is 1.89. The lowest BCUT2D eigenvalue weighted by Crippen LogP contribution is -2.18. The molecule has 0 amide bonds. The molecule has 1 N–H and O–H groups in total. The van der Waals surface area contributed by atoms with Gasteiger partial charge in [-0.25, -0.2) is 15.3 Å². The van der Waals surface area contributed by atoms with Gasteiger partial charge in [0, 0.05) is 5.56 Å². The van der Waals surface area contributed by atoms with Gasteiger partial charge in [0.1, 0.15) is 0 Å². The molecule has 3 heteroatoms. The molecule has 1 unspecified atom stereocenters. The summed E-state index contributed by atoms with van der Waals surface area (Å²) in [4.78, 5) is 9.31.